The normalized spacial score (nSPS) is 12.0. The fourth-order valence-electron chi connectivity index (χ4n) is 1.81. The van der Waals surface area contributed by atoms with Crippen LogP contribution in [0.4, 0.5) is 0 Å². The van der Waals surface area contributed by atoms with Crippen molar-refractivity contribution in [3.63, 3.8) is 0 Å². The number of hydrogen-bond acceptors (Lipinski definition) is 2. The van der Waals surface area contributed by atoms with E-state index in [1.165, 1.54) is 28.1 Å². The first-order valence-corrected chi connectivity index (χ1v) is 12.4. The topological polar surface area (TPSA) is 18.5 Å². The van der Waals surface area contributed by atoms with Crippen LogP contribution < -0.4 is 0 Å². The van der Waals surface area contributed by atoms with Crippen molar-refractivity contribution in [2.75, 3.05) is 13.2 Å². The van der Waals surface area contributed by atoms with Gasteiger partial charge in [-0.1, -0.05) is 0 Å². The van der Waals surface area contributed by atoms with Crippen LogP contribution >= 0.6 is 0 Å². The third kappa shape index (κ3) is 5.56. The summed E-state index contributed by atoms with van der Waals surface area (Å²) in [6.07, 6.45) is 3.73. The Bertz CT molecular complexity index is 111. The summed E-state index contributed by atoms with van der Waals surface area (Å²) in [5, 5.41) is 0. The first-order valence-electron chi connectivity index (χ1n) is 6.02. The molecule has 0 saturated heterocycles. The zero-order valence-corrected chi connectivity index (χ0v) is 13.1. The second-order valence-corrected chi connectivity index (χ2v) is 13.3. The van der Waals surface area contributed by atoms with Crippen molar-refractivity contribution in [3.05, 3.63) is 0 Å². The summed E-state index contributed by atoms with van der Waals surface area (Å²) in [5.41, 5.74) is 0. The van der Waals surface area contributed by atoms with E-state index in [1.54, 1.807) is 0 Å². The summed E-state index contributed by atoms with van der Waals surface area (Å²) >= 11 is -2.59. The third-order valence-corrected chi connectivity index (χ3v) is 13.8. The van der Waals surface area contributed by atoms with E-state index in [9.17, 15) is 0 Å². The number of rotatable bonds is 9. The van der Waals surface area contributed by atoms with Crippen LogP contribution in [-0.2, 0) is 6.15 Å². The molecule has 0 aromatic carbocycles. The zero-order valence-electron chi connectivity index (χ0n) is 10.3. The van der Waals surface area contributed by atoms with E-state index < -0.39 is 19.2 Å². The molecule has 0 atom stereocenters. The molecule has 0 amide bonds. The Morgan fingerprint density at radius 2 is 1.36 bits per heavy atom. The van der Waals surface area contributed by atoms with Crippen molar-refractivity contribution in [2.45, 2.75) is 55.8 Å². The van der Waals surface area contributed by atoms with Crippen LogP contribution in [0.2, 0.25) is 8.87 Å². The second-order valence-electron chi connectivity index (χ2n) is 3.63. The van der Waals surface area contributed by atoms with E-state index in [0.29, 0.717) is 0 Å². The van der Waals surface area contributed by atoms with Gasteiger partial charge >= 0.3 is 94.4 Å². The maximum absolute atomic E-state index is 6.00. The fourth-order valence-corrected chi connectivity index (χ4v) is 12.1. The Morgan fingerprint density at radius 1 is 0.786 bits per heavy atom. The summed E-state index contributed by atoms with van der Waals surface area (Å²) in [6.45, 7) is 10.3. The quantitative estimate of drug-likeness (QED) is 0.605. The van der Waals surface area contributed by atoms with Crippen LogP contribution in [-0.4, -0.2) is 32.4 Å². The molecule has 0 bridgehead atoms. The molecule has 0 rings (SSSR count). The standard InChI is InChI=1S/C4H9.C3H7.2C2H5O.Sn/c1-3-4-2;1-3-2;2*1-2-3;/h1,3-4H2,2H3;1,3H2,2H3;2*2H2,1H3;/q;;2*-1;+2. The van der Waals surface area contributed by atoms with Gasteiger partial charge in [-0.3, -0.25) is 0 Å². The summed E-state index contributed by atoms with van der Waals surface area (Å²) in [5.74, 6) is 0. The van der Waals surface area contributed by atoms with Gasteiger partial charge in [-0.25, -0.2) is 0 Å². The van der Waals surface area contributed by atoms with E-state index >= 15 is 0 Å². The zero-order chi connectivity index (χ0) is 10.9. The summed E-state index contributed by atoms with van der Waals surface area (Å²) in [4.78, 5) is 0. The number of unbranched alkanes of at least 4 members (excludes halogenated alkanes) is 1. The van der Waals surface area contributed by atoms with Gasteiger partial charge in [-0.15, -0.1) is 0 Å². The first kappa shape index (κ1) is 14.7. The molecule has 0 saturated carbocycles. The molecule has 3 heteroatoms. The molecule has 0 N–H and O–H groups in total. The first-order chi connectivity index (χ1) is 6.74. The fraction of sp³-hybridized carbons (Fsp3) is 1.00. The summed E-state index contributed by atoms with van der Waals surface area (Å²) in [6, 6.07) is 0. The molecule has 0 heterocycles. The molecule has 0 aliphatic rings. The summed E-state index contributed by atoms with van der Waals surface area (Å²) in [7, 11) is 0. The van der Waals surface area contributed by atoms with Gasteiger partial charge in [-0.2, -0.15) is 0 Å². The molecule has 0 aromatic rings. The molecular weight excluding hydrogens is 283 g/mol. The van der Waals surface area contributed by atoms with Gasteiger partial charge in [0.2, 0.25) is 0 Å². The Hall–Kier alpha value is 0.719. The molecule has 0 aromatic heterocycles. The maximum atomic E-state index is 6.00. The van der Waals surface area contributed by atoms with Crippen LogP contribution in [0.1, 0.15) is 47.0 Å². The molecule has 0 aliphatic carbocycles. The molecule has 0 radical (unpaired) electrons. The predicted molar refractivity (Wildman–Crippen MR) is 63.8 cm³/mol. The molecular formula is C11H26O2Sn. The van der Waals surface area contributed by atoms with E-state index in [1.807, 2.05) is 0 Å². The monoisotopic (exact) mass is 310 g/mol. The van der Waals surface area contributed by atoms with Gasteiger partial charge in [0.05, 0.1) is 0 Å². The van der Waals surface area contributed by atoms with Crippen LogP contribution in [0, 0.1) is 0 Å². The van der Waals surface area contributed by atoms with Crippen molar-refractivity contribution in [1.82, 2.24) is 0 Å². The Balaban J connectivity index is 4.21. The van der Waals surface area contributed by atoms with E-state index in [0.717, 1.165) is 13.2 Å². The Morgan fingerprint density at radius 3 is 1.71 bits per heavy atom. The Labute approximate surface area is 94.3 Å². The van der Waals surface area contributed by atoms with Gasteiger partial charge in [0.25, 0.3) is 0 Å². The molecule has 0 unspecified atom stereocenters. The number of hydrogen-bond donors (Lipinski definition) is 0. The average Bonchev–Trinajstić information content (AvgIpc) is 2.16. The predicted octanol–water partition coefficient (Wildman–Crippen LogP) is 3.71. The SMILES string of the molecule is CCC[CH2][Sn]([CH2]CC)([O]CC)[O]CC. The van der Waals surface area contributed by atoms with Crippen molar-refractivity contribution < 1.29 is 6.15 Å². The van der Waals surface area contributed by atoms with Gasteiger partial charge in [0, 0.05) is 0 Å². The van der Waals surface area contributed by atoms with Crippen LogP contribution in [0.3, 0.4) is 0 Å². The molecule has 86 valence electrons. The van der Waals surface area contributed by atoms with E-state index in [2.05, 4.69) is 27.7 Å². The third-order valence-electron chi connectivity index (χ3n) is 2.36. The van der Waals surface area contributed by atoms with Crippen molar-refractivity contribution >= 4 is 19.2 Å². The van der Waals surface area contributed by atoms with Crippen molar-refractivity contribution in [1.29, 1.82) is 0 Å². The van der Waals surface area contributed by atoms with Gasteiger partial charge in [-0.05, 0) is 0 Å². The molecule has 14 heavy (non-hydrogen) atoms. The van der Waals surface area contributed by atoms with Gasteiger partial charge in [0.1, 0.15) is 0 Å². The molecule has 0 fully saturated rings. The van der Waals surface area contributed by atoms with Crippen LogP contribution in [0.5, 0.6) is 0 Å². The van der Waals surface area contributed by atoms with E-state index in [-0.39, 0.29) is 0 Å². The van der Waals surface area contributed by atoms with Gasteiger partial charge < -0.3 is 0 Å². The molecule has 0 spiro atoms. The van der Waals surface area contributed by atoms with Crippen molar-refractivity contribution in [3.8, 4) is 0 Å². The Kier molecular flexibility index (Phi) is 9.44. The van der Waals surface area contributed by atoms with Crippen LogP contribution in [0.25, 0.3) is 0 Å². The van der Waals surface area contributed by atoms with Crippen molar-refractivity contribution in [2.24, 2.45) is 0 Å². The minimum atomic E-state index is -2.59. The minimum absolute atomic E-state index is 0.833. The molecule has 0 aliphatic heterocycles. The molecule has 2 nitrogen and oxygen atoms in total. The second kappa shape index (κ2) is 8.98. The average molecular weight is 309 g/mol. The van der Waals surface area contributed by atoms with Crippen LogP contribution in [0.15, 0.2) is 0 Å². The summed E-state index contributed by atoms with van der Waals surface area (Å²) < 4.78 is 14.5. The van der Waals surface area contributed by atoms with Gasteiger partial charge in [0.15, 0.2) is 0 Å². The van der Waals surface area contributed by atoms with E-state index in [4.69, 9.17) is 6.15 Å².